The second kappa shape index (κ2) is 6.18. The average molecular weight is 274 g/mol. The molecule has 1 amide bonds. The molecule has 0 aliphatic carbocycles. The van der Waals surface area contributed by atoms with E-state index in [0.29, 0.717) is 5.92 Å². The van der Waals surface area contributed by atoms with Crippen LogP contribution in [0.25, 0.3) is 0 Å². The Hall–Kier alpha value is -1.68. The zero-order chi connectivity index (χ0) is 14.7. The van der Waals surface area contributed by atoms with Crippen molar-refractivity contribution in [1.82, 2.24) is 4.90 Å². The highest BCUT2D eigenvalue weighted by Gasteiger charge is 2.19. The Kier molecular flexibility index (Phi) is 4.55. The van der Waals surface area contributed by atoms with E-state index in [0.717, 1.165) is 25.3 Å². The van der Waals surface area contributed by atoms with Crippen LogP contribution in [0.2, 0.25) is 0 Å². The highest BCUT2D eigenvalue weighted by atomic mass is 16.2. The number of ketones is 1. The Bertz CT molecular complexity index is 523. The highest BCUT2D eigenvalue weighted by molar-refractivity contribution is 6.03. The summed E-state index contributed by atoms with van der Waals surface area (Å²) < 4.78 is 0. The number of amides is 1. The molecule has 0 aromatic heterocycles. The molecule has 0 saturated carbocycles. The molecule has 108 valence electrons. The number of anilines is 1. The molecule has 4 nitrogen and oxygen atoms in total. The number of rotatable bonds is 5. The lowest BCUT2D eigenvalue weighted by molar-refractivity contribution is -0.124. The van der Waals surface area contributed by atoms with Gasteiger partial charge in [0.1, 0.15) is 5.78 Å². The van der Waals surface area contributed by atoms with E-state index in [2.05, 4.69) is 30.1 Å². The summed E-state index contributed by atoms with van der Waals surface area (Å²) in [6, 6.07) is 6.00. The van der Waals surface area contributed by atoms with Gasteiger partial charge in [0.2, 0.25) is 5.91 Å². The summed E-state index contributed by atoms with van der Waals surface area (Å²) in [5.74, 6) is 0.292. The summed E-state index contributed by atoms with van der Waals surface area (Å²) in [6.07, 6.45) is -0.0590. The van der Waals surface area contributed by atoms with Gasteiger partial charge < -0.3 is 5.32 Å². The van der Waals surface area contributed by atoms with Crippen molar-refractivity contribution in [2.45, 2.75) is 40.3 Å². The fourth-order valence-electron chi connectivity index (χ4n) is 2.62. The molecule has 4 heteroatoms. The molecule has 0 bridgehead atoms. The van der Waals surface area contributed by atoms with Crippen LogP contribution < -0.4 is 5.32 Å². The van der Waals surface area contributed by atoms with Crippen LogP contribution in [-0.4, -0.2) is 23.1 Å². The lowest BCUT2D eigenvalue weighted by atomic mass is 10.1. The molecule has 0 saturated heterocycles. The number of Topliss-reactive ketones (excluding diaryl/α,β-unsaturated/α-hetero) is 1. The molecule has 1 aromatic rings. The third kappa shape index (κ3) is 3.90. The van der Waals surface area contributed by atoms with Crippen LogP contribution in [0.3, 0.4) is 0 Å². The zero-order valence-corrected chi connectivity index (χ0v) is 12.4. The maximum atomic E-state index is 11.6. The number of hydrogen-bond donors (Lipinski definition) is 1. The topological polar surface area (TPSA) is 49.4 Å². The molecule has 1 heterocycles. The van der Waals surface area contributed by atoms with Crippen molar-refractivity contribution in [3.8, 4) is 0 Å². The normalized spacial score (nSPS) is 14.4. The van der Waals surface area contributed by atoms with Crippen molar-refractivity contribution in [3.63, 3.8) is 0 Å². The van der Waals surface area contributed by atoms with E-state index in [1.165, 1.54) is 18.1 Å². The maximum Gasteiger partial charge on any atom is 0.231 e. The third-order valence-corrected chi connectivity index (χ3v) is 3.31. The number of nitrogens with one attached hydrogen (secondary N) is 1. The number of hydrogen-bond acceptors (Lipinski definition) is 3. The highest BCUT2D eigenvalue weighted by Crippen LogP contribution is 2.26. The van der Waals surface area contributed by atoms with Crippen molar-refractivity contribution < 1.29 is 9.59 Å². The van der Waals surface area contributed by atoms with Gasteiger partial charge in [0.15, 0.2) is 0 Å². The SMILES string of the molecule is CC(=O)CC(=O)Nc1ccc2c(c1)CN(CC(C)C)C2. The van der Waals surface area contributed by atoms with Crippen LogP contribution in [0.5, 0.6) is 0 Å². The van der Waals surface area contributed by atoms with Crippen LogP contribution in [0.1, 0.15) is 38.3 Å². The molecule has 0 spiro atoms. The van der Waals surface area contributed by atoms with Gasteiger partial charge in [-0.1, -0.05) is 19.9 Å². The second-order valence-electron chi connectivity index (χ2n) is 5.97. The molecule has 1 aliphatic heterocycles. The first-order valence-corrected chi connectivity index (χ1v) is 7.07. The number of nitrogens with zero attached hydrogens (tertiary/aromatic N) is 1. The van der Waals surface area contributed by atoms with Gasteiger partial charge in [0, 0.05) is 25.3 Å². The first-order chi connectivity index (χ1) is 9.44. The van der Waals surface area contributed by atoms with Crippen molar-refractivity contribution in [2.75, 3.05) is 11.9 Å². The minimum atomic E-state index is -0.241. The monoisotopic (exact) mass is 274 g/mol. The molecule has 0 fully saturated rings. The van der Waals surface area contributed by atoms with E-state index in [4.69, 9.17) is 0 Å². The fraction of sp³-hybridized carbons (Fsp3) is 0.500. The first-order valence-electron chi connectivity index (χ1n) is 7.07. The van der Waals surface area contributed by atoms with Crippen molar-refractivity contribution in [1.29, 1.82) is 0 Å². The van der Waals surface area contributed by atoms with Crippen LogP contribution in [0, 0.1) is 5.92 Å². The quantitative estimate of drug-likeness (QED) is 0.840. The Balaban J connectivity index is 2.00. The Labute approximate surface area is 120 Å². The molecular weight excluding hydrogens is 252 g/mol. The van der Waals surface area contributed by atoms with Gasteiger partial charge in [-0.3, -0.25) is 14.5 Å². The van der Waals surface area contributed by atoms with Gasteiger partial charge in [-0.05, 0) is 36.1 Å². The van der Waals surface area contributed by atoms with Crippen LogP contribution in [0.4, 0.5) is 5.69 Å². The summed E-state index contributed by atoms with van der Waals surface area (Å²) in [7, 11) is 0. The van der Waals surface area contributed by atoms with E-state index in [1.54, 1.807) is 0 Å². The van der Waals surface area contributed by atoms with Gasteiger partial charge >= 0.3 is 0 Å². The number of fused-ring (bicyclic) bond motifs is 1. The Morgan fingerprint density at radius 2 is 1.95 bits per heavy atom. The molecule has 2 rings (SSSR count). The Morgan fingerprint density at radius 1 is 1.25 bits per heavy atom. The van der Waals surface area contributed by atoms with E-state index < -0.39 is 0 Å². The largest absolute Gasteiger partial charge is 0.326 e. The van der Waals surface area contributed by atoms with Gasteiger partial charge in [-0.25, -0.2) is 0 Å². The summed E-state index contributed by atoms with van der Waals surface area (Å²) >= 11 is 0. The van der Waals surface area contributed by atoms with E-state index in [-0.39, 0.29) is 18.1 Å². The third-order valence-electron chi connectivity index (χ3n) is 3.31. The molecule has 1 aliphatic rings. The molecule has 0 atom stereocenters. The minimum absolute atomic E-state index is 0.0590. The minimum Gasteiger partial charge on any atom is -0.326 e. The predicted octanol–water partition coefficient (Wildman–Crippen LogP) is 2.58. The number of carbonyl (C=O) groups is 2. The number of carbonyl (C=O) groups excluding carboxylic acids is 2. The second-order valence-corrected chi connectivity index (χ2v) is 5.97. The zero-order valence-electron chi connectivity index (χ0n) is 12.4. The molecule has 20 heavy (non-hydrogen) atoms. The first kappa shape index (κ1) is 14.7. The molecular formula is C16H22N2O2. The molecule has 0 unspecified atom stereocenters. The van der Waals surface area contributed by atoms with E-state index in [1.807, 2.05) is 12.1 Å². The lowest BCUT2D eigenvalue weighted by Crippen LogP contribution is -2.21. The van der Waals surface area contributed by atoms with Gasteiger partial charge in [0.05, 0.1) is 6.42 Å². The maximum absolute atomic E-state index is 11.6. The number of benzene rings is 1. The summed E-state index contributed by atoms with van der Waals surface area (Å²) in [5, 5.41) is 2.78. The van der Waals surface area contributed by atoms with Crippen LogP contribution >= 0.6 is 0 Å². The molecule has 0 radical (unpaired) electrons. The average Bonchev–Trinajstić information content (AvgIpc) is 2.67. The summed E-state index contributed by atoms with van der Waals surface area (Å²) in [5.41, 5.74) is 3.38. The molecule has 1 N–H and O–H groups in total. The van der Waals surface area contributed by atoms with Crippen LogP contribution in [-0.2, 0) is 22.7 Å². The van der Waals surface area contributed by atoms with Crippen molar-refractivity contribution >= 4 is 17.4 Å². The van der Waals surface area contributed by atoms with Gasteiger partial charge in [-0.2, -0.15) is 0 Å². The van der Waals surface area contributed by atoms with Crippen molar-refractivity contribution in [2.24, 2.45) is 5.92 Å². The fourth-order valence-corrected chi connectivity index (χ4v) is 2.62. The standard InChI is InChI=1S/C16H22N2O2/c1-11(2)8-18-9-13-4-5-15(7-14(13)10-18)17-16(20)6-12(3)19/h4-5,7,11H,6,8-10H2,1-3H3,(H,17,20). The smallest absolute Gasteiger partial charge is 0.231 e. The summed E-state index contributed by atoms with van der Waals surface area (Å²) in [4.78, 5) is 24.9. The van der Waals surface area contributed by atoms with E-state index in [9.17, 15) is 9.59 Å². The van der Waals surface area contributed by atoms with Crippen LogP contribution in [0.15, 0.2) is 18.2 Å². The van der Waals surface area contributed by atoms with Gasteiger partial charge in [0.25, 0.3) is 0 Å². The van der Waals surface area contributed by atoms with Gasteiger partial charge in [-0.15, -0.1) is 0 Å². The Morgan fingerprint density at radius 3 is 2.60 bits per heavy atom. The van der Waals surface area contributed by atoms with E-state index >= 15 is 0 Å². The molecule has 1 aromatic carbocycles. The van der Waals surface area contributed by atoms with Crippen molar-refractivity contribution in [3.05, 3.63) is 29.3 Å². The lowest BCUT2D eigenvalue weighted by Gasteiger charge is -2.16. The summed E-state index contributed by atoms with van der Waals surface area (Å²) in [6.45, 7) is 8.86. The predicted molar refractivity (Wildman–Crippen MR) is 79.3 cm³/mol.